The molecule has 0 aliphatic rings. The molecule has 0 atom stereocenters. The van der Waals surface area contributed by atoms with E-state index < -0.39 is 0 Å². The van der Waals surface area contributed by atoms with Crippen molar-refractivity contribution in [1.29, 1.82) is 5.41 Å². The molecule has 4 nitrogen and oxygen atoms in total. The summed E-state index contributed by atoms with van der Waals surface area (Å²) < 4.78 is 6.48. The highest BCUT2D eigenvalue weighted by atomic mass is 79.9. The summed E-state index contributed by atoms with van der Waals surface area (Å²) in [5.74, 6) is 1.15. The number of ether oxygens (including phenoxy) is 1. The number of nitrogen functional groups attached to an aromatic ring is 1. The summed E-state index contributed by atoms with van der Waals surface area (Å²) in [6.45, 7) is 0. The van der Waals surface area contributed by atoms with Crippen molar-refractivity contribution in [2.75, 3.05) is 0 Å². The molecule has 0 amide bonds. The lowest BCUT2D eigenvalue weighted by atomic mass is 10.3. The topological polar surface area (TPSA) is 72.0 Å². The molecule has 0 aliphatic carbocycles. The number of nitrogens with one attached hydrogen (secondary N) is 1. The zero-order valence-corrected chi connectivity index (χ0v) is 10.4. The molecule has 0 aliphatic heterocycles. The second-order valence-electron chi connectivity index (χ2n) is 3.36. The molecule has 3 N–H and O–H groups in total. The van der Waals surface area contributed by atoms with Crippen molar-refractivity contribution in [1.82, 2.24) is 4.98 Å². The average molecular weight is 292 g/mol. The molecule has 0 bridgehead atoms. The Morgan fingerprint density at radius 1 is 1.29 bits per heavy atom. The molecule has 0 saturated carbocycles. The molecule has 2 rings (SSSR count). The van der Waals surface area contributed by atoms with Crippen molar-refractivity contribution in [2.24, 2.45) is 5.73 Å². The van der Waals surface area contributed by atoms with Gasteiger partial charge >= 0.3 is 0 Å². The number of nitrogens with two attached hydrogens (primary N) is 1. The Morgan fingerprint density at radius 3 is 2.71 bits per heavy atom. The first-order chi connectivity index (χ1) is 8.15. The Hall–Kier alpha value is -1.88. The number of hydrogen-bond donors (Lipinski definition) is 2. The molecule has 86 valence electrons. The molecule has 1 aromatic heterocycles. The van der Waals surface area contributed by atoms with Crippen LogP contribution in [0.1, 0.15) is 5.56 Å². The van der Waals surface area contributed by atoms with Crippen LogP contribution in [-0.2, 0) is 0 Å². The standard InChI is InChI=1S/C12H10BrN3O/c13-9-2-1-3-10(6-9)17-11-5-4-8(7-16-11)12(14)15/h1-7H,(H3,14,15). The highest BCUT2D eigenvalue weighted by Crippen LogP contribution is 2.22. The first kappa shape index (κ1) is 11.6. The van der Waals surface area contributed by atoms with Gasteiger partial charge in [-0.05, 0) is 24.3 Å². The number of rotatable bonds is 3. The van der Waals surface area contributed by atoms with Crippen LogP contribution in [0.25, 0.3) is 0 Å². The number of benzene rings is 1. The first-order valence-corrected chi connectivity index (χ1v) is 5.68. The van der Waals surface area contributed by atoms with Crippen LogP contribution in [0.15, 0.2) is 47.1 Å². The van der Waals surface area contributed by atoms with E-state index in [1.807, 2.05) is 24.3 Å². The minimum atomic E-state index is -0.00787. The van der Waals surface area contributed by atoms with E-state index in [4.69, 9.17) is 15.9 Å². The largest absolute Gasteiger partial charge is 0.439 e. The van der Waals surface area contributed by atoms with Crippen LogP contribution in [0.3, 0.4) is 0 Å². The normalized spacial score (nSPS) is 9.94. The van der Waals surface area contributed by atoms with Gasteiger partial charge in [0.25, 0.3) is 0 Å². The Bertz CT molecular complexity index is 540. The molecule has 0 unspecified atom stereocenters. The predicted molar refractivity (Wildman–Crippen MR) is 69.5 cm³/mol. The first-order valence-electron chi connectivity index (χ1n) is 4.89. The molecule has 0 saturated heterocycles. The molecule has 1 aromatic carbocycles. The van der Waals surface area contributed by atoms with Crippen LogP contribution < -0.4 is 10.5 Å². The van der Waals surface area contributed by atoms with Crippen molar-refractivity contribution >= 4 is 21.8 Å². The minimum Gasteiger partial charge on any atom is -0.439 e. The summed E-state index contributed by atoms with van der Waals surface area (Å²) >= 11 is 3.36. The third kappa shape index (κ3) is 3.04. The molecule has 5 heteroatoms. The SMILES string of the molecule is N=C(N)c1ccc(Oc2cccc(Br)c2)nc1. The van der Waals surface area contributed by atoms with Gasteiger partial charge in [-0.25, -0.2) is 4.98 Å². The predicted octanol–water partition coefficient (Wildman–Crippen LogP) is 2.92. The Labute approximate surface area is 107 Å². The van der Waals surface area contributed by atoms with E-state index in [0.717, 1.165) is 4.47 Å². The average Bonchev–Trinajstić information content (AvgIpc) is 2.29. The van der Waals surface area contributed by atoms with E-state index in [9.17, 15) is 0 Å². The van der Waals surface area contributed by atoms with E-state index in [0.29, 0.717) is 17.2 Å². The van der Waals surface area contributed by atoms with Crippen LogP contribution >= 0.6 is 15.9 Å². The molecule has 2 aromatic rings. The quantitative estimate of drug-likeness (QED) is 0.675. The maximum absolute atomic E-state index is 7.25. The van der Waals surface area contributed by atoms with E-state index in [1.54, 1.807) is 12.1 Å². The summed E-state index contributed by atoms with van der Waals surface area (Å²) in [5, 5.41) is 7.25. The molecule has 0 radical (unpaired) electrons. The van der Waals surface area contributed by atoms with Gasteiger partial charge in [-0.3, -0.25) is 5.41 Å². The fraction of sp³-hybridized carbons (Fsp3) is 0. The van der Waals surface area contributed by atoms with Gasteiger partial charge in [0.2, 0.25) is 5.88 Å². The van der Waals surface area contributed by atoms with Crippen molar-refractivity contribution < 1.29 is 4.74 Å². The Kier molecular flexibility index (Phi) is 3.39. The van der Waals surface area contributed by atoms with Gasteiger partial charge in [-0.2, -0.15) is 0 Å². The van der Waals surface area contributed by atoms with Crippen molar-refractivity contribution in [3.8, 4) is 11.6 Å². The van der Waals surface area contributed by atoms with Crippen LogP contribution in [-0.4, -0.2) is 10.8 Å². The lowest BCUT2D eigenvalue weighted by molar-refractivity contribution is 0.462. The third-order valence-corrected chi connectivity index (χ3v) is 2.56. The lowest BCUT2D eigenvalue weighted by Gasteiger charge is -2.05. The molecule has 1 heterocycles. The van der Waals surface area contributed by atoms with Gasteiger partial charge in [0.05, 0.1) is 0 Å². The van der Waals surface area contributed by atoms with Gasteiger partial charge in [0, 0.05) is 22.3 Å². The second-order valence-corrected chi connectivity index (χ2v) is 4.27. The minimum absolute atomic E-state index is 0.00787. The van der Waals surface area contributed by atoms with Gasteiger partial charge in [-0.1, -0.05) is 22.0 Å². The maximum Gasteiger partial charge on any atom is 0.219 e. The van der Waals surface area contributed by atoms with Crippen LogP contribution in [0, 0.1) is 5.41 Å². The van der Waals surface area contributed by atoms with Crippen LogP contribution in [0.5, 0.6) is 11.6 Å². The number of halogens is 1. The van der Waals surface area contributed by atoms with Crippen LogP contribution in [0.2, 0.25) is 0 Å². The number of nitrogens with zero attached hydrogens (tertiary/aromatic N) is 1. The van der Waals surface area contributed by atoms with Crippen molar-refractivity contribution in [2.45, 2.75) is 0 Å². The summed E-state index contributed by atoms with van der Waals surface area (Å²) in [6.07, 6.45) is 1.51. The van der Waals surface area contributed by atoms with Crippen molar-refractivity contribution in [3.63, 3.8) is 0 Å². The van der Waals surface area contributed by atoms with Gasteiger partial charge in [0.1, 0.15) is 11.6 Å². The smallest absolute Gasteiger partial charge is 0.219 e. The zero-order chi connectivity index (χ0) is 12.3. The van der Waals surface area contributed by atoms with E-state index in [1.165, 1.54) is 6.20 Å². The Balaban J connectivity index is 2.16. The molecule has 17 heavy (non-hydrogen) atoms. The second kappa shape index (κ2) is 4.97. The van der Waals surface area contributed by atoms with Gasteiger partial charge in [-0.15, -0.1) is 0 Å². The van der Waals surface area contributed by atoms with Crippen molar-refractivity contribution in [3.05, 3.63) is 52.6 Å². The zero-order valence-electron chi connectivity index (χ0n) is 8.85. The number of aromatic nitrogens is 1. The summed E-state index contributed by atoms with van der Waals surface area (Å²) in [6, 6.07) is 10.9. The number of pyridine rings is 1. The fourth-order valence-electron chi connectivity index (χ4n) is 1.25. The van der Waals surface area contributed by atoms with Crippen LogP contribution in [0.4, 0.5) is 0 Å². The van der Waals surface area contributed by atoms with Gasteiger partial charge in [0.15, 0.2) is 0 Å². The van der Waals surface area contributed by atoms with E-state index >= 15 is 0 Å². The number of amidine groups is 1. The summed E-state index contributed by atoms with van der Waals surface area (Å²) in [4.78, 5) is 4.07. The third-order valence-electron chi connectivity index (χ3n) is 2.07. The highest BCUT2D eigenvalue weighted by molar-refractivity contribution is 9.10. The molecular weight excluding hydrogens is 282 g/mol. The molecular formula is C12H10BrN3O. The summed E-state index contributed by atoms with van der Waals surface area (Å²) in [7, 11) is 0. The monoisotopic (exact) mass is 291 g/mol. The molecule has 0 spiro atoms. The van der Waals surface area contributed by atoms with E-state index in [2.05, 4.69) is 20.9 Å². The van der Waals surface area contributed by atoms with Gasteiger partial charge < -0.3 is 10.5 Å². The lowest BCUT2D eigenvalue weighted by Crippen LogP contribution is -2.11. The maximum atomic E-state index is 7.25. The molecule has 0 fully saturated rings. The summed E-state index contributed by atoms with van der Waals surface area (Å²) in [5.41, 5.74) is 5.91. The fourth-order valence-corrected chi connectivity index (χ4v) is 1.63. The number of hydrogen-bond acceptors (Lipinski definition) is 3. The Morgan fingerprint density at radius 2 is 2.12 bits per heavy atom. The highest BCUT2D eigenvalue weighted by Gasteiger charge is 2.01. The van der Waals surface area contributed by atoms with E-state index in [-0.39, 0.29) is 5.84 Å².